The van der Waals surface area contributed by atoms with Gasteiger partial charge in [0.15, 0.2) is 0 Å². The molecule has 2 heterocycles. The van der Waals surface area contributed by atoms with Crippen LogP contribution < -0.4 is 0 Å². The molecule has 0 fully saturated rings. The summed E-state index contributed by atoms with van der Waals surface area (Å²) in [5, 5.41) is 6.46. The molecule has 0 aliphatic carbocycles. The molecule has 0 unspecified atom stereocenters. The Bertz CT molecular complexity index is 1120. The van der Waals surface area contributed by atoms with E-state index in [1.165, 1.54) is 11.3 Å². The molecule has 0 spiro atoms. The summed E-state index contributed by atoms with van der Waals surface area (Å²) in [6.07, 6.45) is 1.04. The van der Waals surface area contributed by atoms with Crippen molar-refractivity contribution in [3.05, 3.63) is 50.9 Å². The van der Waals surface area contributed by atoms with Gasteiger partial charge in [0.05, 0.1) is 6.61 Å². The van der Waals surface area contributed by atoms with Crippen LogP contribution in [0.2, 0.25) is 5.02 Å². The van der Waals surface area contributed by atoms with Crippen LogP contribution in [0.4, 0.5) is 5.00 Å². The van der Waals surface area contributed by atoms with Gasteiger partial charge in [0.1, 0.15) is 17.3 Å². The summed E-state index contributed by atoms with van der Waals surface area (Å²) >= 11 is 7.40. The molecule has 1 aliphatic rings. The lowest BCUT2D eigenvalue weighted by Gasteiger charge is -2.19. The van der Waals surface area contributed by atoms with Crippen molar-refractivity contribution >= 4 is 54.6 Å². The zero-order chi connectivity index (χ0) is 21.3. The first kappa shape index (κ1) is 21.5. The van der Waals surface area contributed by atoms with E-state index in [2.05, 4.69) is 10.1 Å². The van der Waals surface area contributed by atoms with E-state index in [0.717, 1.165) is 32.8 Å². The Morgan fingerprint density at radius 2 is 1.90 bits per heavy atom. The van der Waals surface area contributed by atoms with Crippen LogP contribution in [0.1, 0.15) is 28.5 Å². The fourth-order valence-corrected chi connectivity index (χ4v) is 4.80. The van der Waals surface area contributed by atoms with Gasteiger partial charge in [-0.1, -0.05) is 23.7 Å². The second kappa shape index (κ2) is 8.25. The number of esters is 1. The van der Waals surface area contributed by atoms with Crippen molar-refractivity contribution in [3.63, 3.8) is 0 Å². The van der Waals surface area contributed by atoms with E-state index in [0.29, 0.717) is 15.7 Å². The molecule has 0 N–H and O–H groups in total. The molecule has 1 aliphatic heterocycles. The molecular formula is C19H20ClN3O4S2. The fraction of sp³-hybridized carbons (Fsp3) is 0.316. The van der Waals surface area contributed by atoms with E-state index in [9.17, 15) is 13.2 Å². The minimum absolute atomic E-state index is 0.178. The minimum Gasteiger partial charge on any atom is -0.465 e. The minimum atomic E-state index is -3.77. The maximum atomic E-state index is 12.5. The number of thiophene rings is 1. The summed E-state index contributed by atoms with van der Waals surface area (Å²) in [5.41, 5.74) is 2.94. The van der Waals surface area contributed by atoms with E-state index in [-0.39, 0.29) is 18.3 Å². The number of carbonyl (C=O) groups excluding carboxylic acids is 1. The summed E-state index contributed by atoms with van der Waals surface area (Å²) in [4.78, 5) is 17.5. The number of fused-ring (bicyclic) bond motifs is 1. The molecule has 1 aromatic heterocycles. The fourth-order valence-electron chi connectivity index (χ4n) is 2.84. The van der Waals surface area contributed by atoms with Crippen molar-refractivity contribution in [3.8, 4) is 0 Å². The Kier molecular flexibility index (Phi) is 6.11. The monoisotopic (exact) mass is 453 g/mol. The number of hydrazone groups is 1. The van der Waals surface area contributed by atoms with Gasteiger partial charge in [0.2, 0.25) is 15.0 Å². The molecule has 0 bridgehead atoms. The summed E-state index contributed by atoms with van der Waals surface area (Å²) in [5.74, 6) is -0.596. The van der Waals surface area contributed by atoms with Crippen LogP contribution in [0, 0.1) is 13.8 Å². The molecule has 29 heavy (non-hydrogen) atoms. The lowest BCUT2D eigenvalue weighted by atomic mass is 10.0. The van der Waals surface area contributed by atoms with Crippen LogP contribution in [-0.4, -0.2) is 49.7 Å². The molecule has 1 aromatic carbocycles. The van der Waals surface area contributed by atoms with Crippen molar-refractivity contribution in [2.24, 2.45) is 10.1 Å². The average Bonchev–Trinajstić information content (AvgIpc) is 2.81. The van der Waals surface area contributed by atoms with Gasteiger partial charge in [0.25, 0.3) is 0 Å². The molecule has 0 atom stereocenters. The van der Waals surface area contributed by atoms with Gasteiger partial charge in [-0.15, -0.1) is 11.3 Å². The van der Waals surface area contributed by atoms with Crippen molar-refractivity contribution in [2.45, 2.75) is 20.8 Å². The second-order valence-electron chi connectivity index (χ2n) is 6.45. The number of ether oxygens (including phenoxy) is 1. The summed E-state index contributed by atoms with van der Waals surface area (Å²) in [7, 11) is -3.77. The van der Waals surface area contributed by atoms with E-state index in [4.69, 9.17) is 16.3 Å². The Morgan fingerprint density at radius 3 is 2.48 bits per heavy atom. The van der Waals surface area contributed by atoms with E-state index < -0.39 is 15.8 Å². The number of amidine groups is 1. The Hall–Kier alpha value is -2.23. The molecule has 0 saturated heterocycles. The molecule has 0 radical (unpaired) electrons. The first-order valence-electron chi connectivity index (χ1n) is 8.78. The maximum absolute atomic E-state index is 12.5. The zero-order valence-corrected chi connectivity index (χ0v) is 18.8. The second-order valence-corrected chi connectivity index (χ2v) is 10.00. The van der Waals surface area contributed by atoms with Gasteiger partial charge in [-0.3, -0.25) is 4.79 Å². The third-order valence-electron chi connectivity index (χ3n) is 4.28. The number of nitrogens with zero attached hydrogens (tertiary/aromatic N) is 3. The number of carbonyl (C=O) groups is 1. The highest BCUT2D eigenvalue weighted by molar-refractivity contribution is 8.05. The Balaban J connectivity index is 2.26. The first-order chi connectivity index (χ1) is 13.6. The quantitative estimate of drug-likeness (QED) is 0.659. The third-order valence-corrected chi connectivity index (χ3v) is 6.59. The molecule has 154 valence electrons. The lowest BCUT2D eigenvalue weighted by Crippen LogP contribution is -2.37. The highest BCUT2D eigenvalue weighted by Gasteiger charge is 2.31. The smallest absolute Gasteiger partial charge is 0.327 e. The third kappa shape index (κ3) is 4.52. The van der Waals surface area contributed by atoms with Crippen LogP contribution >= 0.6 is 22.9 Å². The predicted molar refractivity (Wildman–Crippen MR) is 116 cm³/mol. The first-order valence-corrected chi connectivity index (χ1v) is 11.9. The van der Waals surface area contributed by atoms with Gasteiger partial charge in [-0.2, -0.15) is 5.10 Å². The molecule has 10 heteroatoms. The van der Waals surface area contributed by atoms with E-state index in [1.807, 2.05) is 13.8 Å². The van der Waals surface area contributed by atoms with Crippen LogP contribution in [0.5, 0.6) is 0 Å². The van der Waals surface area contributed by atoms with Gasteiger partial charge >= 0.3 is 5.97 Å². The number of benzene rings is 1. The predicted octanol–water partition coefficient (Wildman–Crippen LogP) is 3.68. The number of halogens is 1. The normalized spacial score (nSPS) is 14.0. The molecule has 0 amide bonds. The lowest BCUT2D eigenvalue weighted by molar-refractivity contribution is -0.143. The maximum Gasteiger partial charge on any atom is 0.327 e. The largest absolute Gasteiger partial charge is 0.465 e. The Morgan fingerprint density at radius 1 is 1.24 bits per heavy atom. The number of aliphatic imine (C=N–C) groups is 1. The molecular weight excluding hydrogens is 434 g/mol. The summed E-state index contributed by atoms with van der Waals surface area (Å²) < 4.78 is 29.9. The highest BCUT2D eigenvalue weighted by atomic mass is 35.5. The molecule has 7 nitrogen and oxygen atoms in total. The van der Waals surface area contributed by atoms with Gasteiger partial charge in [-0.25, -0.2) is 18.4 Å². The number of hydrogen-bond donors (Lipinski definition) is 0. The molecule has 0 saturated carbocycles. The molecule has 2 aromatic rings. The zero-order valence-electron chi connectivity index (χ0n) is 16.4. The number of aryl methyl sites for hydroxylation is 1. The Labute approximate surface area is 178 Å². The summed E-state index contributed by atoms with van der Waals surface area (Å²) in [6, 6.07) is 7.05. The van der Waals surface area contributed by atoms with Gasteiger partial charge in [0, 0.05) is 27.3 Å². The standard InChI is InChI=1S/C19H20ClN3O4S2/c1-5-27-15(24)10-23-19(29(4,25)26)21-18-16(11(2)12(3)28-18)17(22-23)13-6-8-14(20)9-7-13/h6-9H,5,10H2,1-4H3. The van der Waals surface area contributed by atoms with Crippen LogP contribution in [0.15, 0.2) is 34.4 Å². The van der Waals surface area contributed by atoms with Crippen molar-refractivity contribution < 1.29 is 17.9 Å². The highest BCUT2D eigenvalue weighted by Crippen LogP contribution is 2.39. The summed E-state index contributed by atoms with van der Waals surface area (Å²) in [6.45, 7) is 5.37. The van der Waals surface area contributed by atoms with Gasteiger partial charge in [-0.05, 0) is 38.5 Å². The van der Waals surface area contributed by atoms with Crippen molar-refractivity contribution in [2.75, 3.05) is 19.4 Å². The van der Waals surface area contributed by atoms with Gasteiger partial charge < -0.3 is 4.74 Å². The number of sulfone groups is 1. The van der Waals surface area contributed by atoms with E-state index in [1.54, 1.807) is 31.2 Å². The number of rotatable bonds is 4. The van der Waals surface area contributed by atoms with Crippen molar-refractivity contribution in [1.29, 1.82) is 0 Å². The van der Waals surface area contributed by atoms with Crippen molar-refractivity contribution in [1.82, 2.24) is 5.01 Å². The molecule has 3 rings (SSSR count). The average molecular weight is 454 g/mol. The SMILES string of the molecule is CCOC(=O)CN1N=C(c2ccc(Cl)cc2)c2c(sc(C)c2C)N=C1S(C)(=O)=O. The van der Waals surface area contributed by atoms with Crippen LogP contribution in [-0.2, 0) is 19.4 Å². The van der Waals surface area contributed by atoms with Crippen LogP contribution in [0.3, 0.4) is 0 Å². The van der Waals surface area contributed by atoms with Crippen LogP contribution in [0.25, 0.3) is 0 Å². The van der Waals surface area contributed by atoms with E-state index >= 15 is 0 Å². The topological polar surface area (TPSA) is 88.4 Å². The number of hydrogen-bond acceptors (Lipinski definition) is 8.